The highest BCUT2D eigenvalue weighted by Crippen LogP contribution is 2.30. The predicted octanol–water partition coefficient (Wildman–Crippen LogP) is 2.54. The molecule has 0 bridgehead atoms. The first-order valence-electron chi connectivity index (χ1n) is 6.03. The molecule has 2 rings (SSSR count). The van der Waals surface area contributed by atoms with Crippen LogP contribution < -0.4 is 5.32 Å². The van der Waals surface area contributed by atoms with E-state index in [4.69, 9.17) is 4.74 Å². The van der Waals surface area contributed by atoms with E-state index in [0.717, 1.165) is 24.5 Å². The summed E-state index contributed by atoms with van der Waals surface area (Å²) in [5.41, 5.74) is 0. The van der Waals surface area contributed by atoms with E-state index in [0.29, 0.717) is 6.04 Å². The van der Waals surface area contributed by atoms with Crippen molar-refractivity contribution in [1.29, 1.82) is 0 Å². The number of nitrogens with one attached hydrogen (secondary N) is 1. The number of nitrogens with zero attached hydrogens (tertiary/aromatic N) is 1. The summed E-state index contributed by atoms with van der Waals surface area (Å²) in [6.45, 7) is 3.09. The monoisotopic (exact) mass is 240 g/mol. The summed E-state index contributed by atoms with van der Waals surface area (Å²) < 4.78 is 5.74. The van der Waals surface area contributed by atoms with Crippen LogP contribution in [0.15, 0.2) is 6.20 Å². The van der Waals surface area contributed by atoms with Crippen molar-refractivity contribution in [2.75, 3.05) is 13.7 Å². The molecule has 1 aliphatic heterocycles. The molecule has 0 amide bonds. The molecule has 1 aliphatic rings. The van der Waals surface area contributed by atoms with Gasteiger partial charge in [0.25, 0.3) is 0 Å². The van der Waals surface area contributed by atoms with Crippen LogP contribution >= 0.6 is 11.3 Å². The maximum atomic E-state index is 5.74. The van der Waals surface area contributed by atoms with Crippen molar-refractivity contribution in [3.05, 3.63) is 16.1 Å². The summed E-state index contributed by atoms with van der Waals surface area (Å²) >= 11 is 1.81. The summed E-state index contributed by atoms with van der Waals surface area (Å²) in [6.07, 6.45) is 6.93. The topological polar surface area (TPSA) is 34.2 Å². The van der Waals surface area contributed by atoms with Crippen LogP contribution in [0.1, 0.15) is 42.2 Å². The van der Waals surface area contributed by atoms with Gasteiger partial charge in [0.2, 0.25) is 0 Å². The predicted molar refractivity (Wildman–Crippen MR) is 66.9 cm³/mol. The summed E-state index contributed by atoms with van der Waals surface area (Å²) in [5, 5.41) is 4.41. The van der Waals surface area contributed by atoms with Crippen molar-refractivity contribution in [2.45, 2.75) is 44.8 Å². The minimum absolute atomic E-state index is 0.261. The third-order valence-electron chi connectivity index (χ3n) is 3.03. The molecule has 0 aromatic carbocycles. The normalized spacial score (nSPS) is 23.2. The van der Waals surface area contributed by atoms with Crippen molar-refractivity contribution < 1.29 is 4.74 Å². The second-order valence-corrected chi connectivity index (χ2v) is 5.56. The Labute approximate surface area is 101 Å². The Kier molecular flexibility index (Phi) is 4.32. The van der Waals surface area contributed by atoms with Gasteiger partial charge in [-0.3, -0.25) is 0 Å². The van der Waals surface area contributed by atoms with E-state index in [1.54, 1.807) is 11.3 Å². The van der Waals surface area contributed by atoms with Crippen molar-refractivity contribution >= 4 is 11.3 Å². The summed E-state index contributed by atoms with van der Waals surface area (Å²) in [7, 11) is 2.00. The van der Waals surface area contributed by atoms with Crippen LogP contribution in [0.5, 0.6) is 0 Å². The van der Waals surface area contributed by atoms with Gasteiger partial charge < -0.3 is 10.1 Å². The molecule has 1 saturated heterocycles. The standard InChI is InChI=1S/C12H20N2OS/c1-9(13-2)7-10-8-14-12(16-10)11-5-3-4-6-15-11/h8-9,11,13H,3-7H2,1-2H3. The van der Waals surface area contributed by atoms with E-state index >= 15 is 0 Å². The van der Waals surface area contributed by atoms with Gasteiger partial charge in [-0.1, -0.05) is 0 Å². The highest BCUT2D eigenvalue weighted by atomic mass is 32.1. The summed E-state index contributed by atoms with van der Waals surface area (Å²) in [6, 6.07) is 0.514. The molecular weight excluding hydrogens is 220 g/mol. The number of aromatic nitrogens is 1. The van der Waals surface area contributed by atoms with Gasteiger partial charge in [0.1, 0.15) is 11.1 Å². The molecule has 2 unspecified atom stereocenters. The van der Waals surface area contributed by atoms with Crippen molar-refractivity contribution in [2.24, 2.45) is 0 Å². The van der Waals surface area contributed by atoms with Gasteiger partial charge in [-0.15, -0.1) is 11.3 Å². The average molecular weight is 240 g/mol. The lowest BCUT2D eigenvalue weighted by Crippen LogP contribution is -2.22. The largest absolute Gasteiger partial charge is 0.371 e. The summed E-state index contributed by atoms with van der Waals surface area (Å²) in [4.78, 5) is 5.85. The zero-order valence-corrected chi connectivity index (χ0v) is 10.8. The van der Waals surface area contributed by atoms with Crippen LogP contribution in [-0.4, -0.2) is 24.7 Å². The first kappa shape index (κ1) is 12.0. The average Bonchev–Trinajstić information content (AvgIpc) is 2.78. The van der Waals surface area contributed by atoms with E-state index in [9.17, 15) is 0 Å². The van der Waals surface area contributed by atoms with Crippen LogP contribution in [0.25, 0.3) is 0 Å². The third-order valence-corrected chi connectivity index (χ3v) is 4.14. The third kappa shape index (κ3) is 3.03. The smallest absolute Gasteiger partial charge is 0.122 e. The van der Waals surface area contributed by atoms with Crippen molar-refractivity contribution in [3.8, 4) is 0 Å². The van der Waals surface area contributed by atoms with Crippen molar-refractivity contribution in [1.82, 2.24) is 10.3 Å². The number of thiazole rings is 1. The van der Waals surface area contributed by atoms with Crippen LogP contribution in [0.4, 0.5) is 0 Å². The summed E-state index contributed by atoms with van der Waals surface area (Å²) in [5.74, 6) is 0. The fourth-order valence-corrected chi connectivity index (χ4v) is 3.04. The Morgan fingerprint density at radius 2 is 2.50 bits per heavy atom. The second-order valence-electron chi connectivity index (χ2n) is 4.41. The SMILES string of the molecule is CNC(C)Cc1cnc(C2CCCCO2)s1. The fourth-order valence-electron chi connectivity index (χ4n) is 1.91. The van der Waals surface area contributed by atoms with Gasteiger partial charge in [-0.25, -0.2) is 4.98 Å². The molecule has 0 spiro atoms. The molecule has 1 N–H and O–H groups in total. The van der Waals surface area contributed by atoms with Gasteiger partial charge in [-0.2, -0.15) is 0 Å². The van der Waals surface area contributed by atoms with Crippen LogP contribution in [0.2, 0.25) is 0 Å². The first-order valence-corrected chi connectivity index (χ1v) is 6.84. The van der Waals surface area contributed by atoms with E-state index in [2.05, 4.69) is 17.2 Å². The zero-order chi connectivity index (χ0) is 11.4. The minimum atomic E-state index is 0.261. The van der Waals surface area contributed by atoms with Gasteiger partial charge in [0.05, 0.1) is 0 Å². The maximum Gasteiger partial charge on any atom is 0.122 e. The number of ether oxygens (including phenoxy) is 1. The highest BCUT2D eigenvalue weighted by Gasteiger charge is 2.19. The molecule has 0 saturated carbocycles. The quantitative estimate of drug-likeness (QED) is 0.878. The van der Waals surface area contributed by atoms with E-state index in [1.165, 1.54) is 17.7 Å². The number of likely N-dealkylation sites (N-methyl/N-ethyl adjacent to an activating group) is 1. The first-order chi connectivity index (χ1) is 7.79. The second kappa shape index (κ2) is 5.75. The van der Waals surface area contributed by atoms with E-state index < -0.39 is 0 Å². The van der Waals surface area contributed by atoms with Gasteiger partial charge in [0, 0.05) is 23.7 Å². The number of hydrogen-bond acceptors (Lipinski definition) is 4. The molecular formula is C12H20N2OS. The number of rotatable bonds is 4. The van der Waals surface area contributed by atoms with Crippen LogP contribution in [0.3, 0.4) is 0 Å². The molecule has 0 aliphatic carbocycles. The molecule has 2 heterocycles. The molecule has 0 radical (unpaired) electrons. The van der Waals surface area contributed by atoms with Gasteiger partial charge in [0.15, 0.2) is 0 Å². The Hall–Kier alpha value is -0.450. The Balaban J connectivity index is 1.95. The molecule has 1 aromatic rings. The maximum absolute atomic E-state index is 5.74. The number of hydrogen-bond donors (Lipinski definition) is 1. The molecule has 1 aromatic heterocycles. The lowest BCUT2D eigenvalue weighted by Gasteiger charge is -2.20. The van der Waals surface area contributed by atoms with Crippen molar-refractivity contribution in [3.63, 3.8) is 0 Å². The molecule has 2 atom stereocenters. The van der Waals surface area contributed by atoms with Gasteiger partial charge in [-0.05, 0) is 39.7 Å². The molecule has 16 heavy (non-hydrogen) atoms. The molecule has 3 nitrogen and oxygen atoms in total. The van der Waals surface area contributed by atoms with Crippen LogP contribution in [0, 0.1) is 0 Å². The molecule has 90 valence electrons. The highest BCUT2D eigenvalue weighted by molar-refractivity contribution is 7.11. The van der Waals surface area contributed by atoms with Gasteiger partial charge >= 0.3 is 0 Å². The molecule has 4 heteroatoms. The Morgan fingerprint density at radius 3 is 3.19 bits per heavy atom. The fraction of sp³-hybridized carbons (Fsp3) is 0.750. The molecule has 1 fully saturated rings. The Bertz CT molecular complexity index is 321. The zero-order valence-electron chi connectivity index (χ0n) is 10.0. The Morgan fingerprint density at radius 1 is 1.62 bits per heavy atom. The van der Waals surface area contributed by atoms with Crippen LogP contribution in [-0.2, 0) is 11.2 Å². The van der Waals surface area contributed by atoms with E-state index in [-0.39, 0.29) is 6.10 Å². The minimum Gasteiger partial charge on any atom is -0.371 e. The van der Waals surface area contributed by atoms with E-state index in [1.807, 2.05) is 13.2 Å². The lowest BCUT2D eigenvalue weighted by molar-refractivity contribution is 0.0148. The lowest BCUT2D eigenvalue weighted by atomic mass is 10.1.